The lowest BCUT2D eigenvalue weighted by Gasteiger charge is -2.20. The van der Waals surface area contributed by atoms with Crippen LogP contribution < -0.4 is 11.5 Å². The molecule has 1 saturated carbocycles. The Morgan fingerprint density at radius 1 is 0.570 bits per heavy atom. The van der Waals surface area contributed by atoms with Gasteiger partial charge in [-0.1, -0.05) is 115 Å². The number of oxazole rings is 1. The summed E-state index contributed by atoms with van der Waals surface area (Å²) >= 11 is 0. The fourth-order valence-corrected chi connectivity index (χ4v) is 11.2. The fourth-order valence-electron chi connectivity index (χ4n) is 10.8. The number of aliphatic hydroxyl groups excluding tert-OH is 1. The minimum Gasteiger partial charge on any atom is -0.466 e. The highest BCUT2D eigenvalue weighted by Crippen LogP contribution is 2.33. The van der Waals surface area contributed by atoms with Crippen LogP contribution in [0.3, 0.4) is 0 Å². The second kappa shape index (κ2) is 44.4. The van der Waals surface area contributed by atoms with Gasteiger partial charge in [-0.2, -0.15) is 8.42 Å². The van der Waals surface area contributed by atoms with Crippen LogP contribution in [0.5, 0.6) is 0 Å². The molecule has 1 aliphatic carbocycles. The Hall–Kier alpha value is -12.7. The number of aliphatic hydroxyl groups is 1. The van der Waals surface area contributed by atoms with Crippen LogP contribution in [0.1, 0.15) is 113 Å². The number of Topliss-reactive ketones (excluding diaryl/α,β-unsaturated/α-hetero) is 1. The average Bonchev–Trinajstić information content (AvgIpc) is 1.67. The van der Waals surface area contributed by atoms with E-state index in [1.165, 1.54) is 123 Å². The van der Waals surface area contributed by atoms with Gasteiger partial charge in [0.05, 0.1) is 66.8 Å². The highest BCUT2D eigenvalue weighted by atomic mass is 32.2. The first-order valence-corrected chi connectivity index (χ1v) is 36.7. The summed E-state index contributed by atoms with van der Waals surface area (Å²) in [5, 5.41) is 42.3. The van der Waals surface area contributed by atoms with Crippen LogP contribution in [0.15, 0.2) is 233 Å². The molecule has 5 aliphatic heterocycles. The summed E-state index contributed by atoms with van der Waals surface area (Å²) in [5.41, 5.74) is 24.9. The summed E-state index contributed by atoms with van der Waals surface area (Å²) < 4.78 is 124. The lowest BCUT2D eigenvalue weighted by molar-refractivity contribution is -0.152. The van der Waals surface area contributed by atoms with Crippen molar-refractivity contribution in [2.24, 2.45) is 41.8 Å². The number of benzene rings is 8. The van der Waals surface area contributed by atoms with E-state index in [4.69, 9.17) is 50.2 Å². The molecule has 1 aromatic heterocycles. The molecule has 0 radical (unpaired) electrons. The Balaban J connectivity index is 0.000000164. The largest absolute Gasteiger partial charge is 0.466 e. The number of halogens is 7. The number of carbonyl (C=O) groups is 3. The highest BCUT2D eigenvalue weighted by Gasteiger charge is 2.30. The number of aromatic amines is 1. The minimum absolute atomic E-state index is 0.0324. The lowest BCUT2D eigenvalue weighted by Crippen LogP contribution is -2.22. The molecule has 15 rings (SSSR count). The normalized spacial score (nSPS) is 17.6. The van der Waals surface area contributed by atoms with E-state index >= 15 is 0 Å². The Morgan fingerprint density at radius 3 is 1.35 bits per heavy atom. The number of carbonyl (C=O) groups excluding carboxylic acids is 3. The van der Waals surface area contributed by atoms with Gasteiger partial charge in [-0.3, -0.25) is 18.8 Å². The predicted molar refractivity (Wildman–Crippen MR) is 406 cm³/mol. The molecule has 1 fully saturated rings. The van der Waals surface area contributed by atoms with E-state index in [9.17, 15) is 58.3 Å². The van der Waals surface area contributed by atoms with Crippen molar-refractivity contribution >= 4 is 74.0 Å². The maximum Gasteiger partial charge on any atom is 0.417 e. The summed E-state index contributed by atoms with van der Waals surface area (Å²) in [5.74, 6) is -2.16. The van der Waals surface area contributed by atoms with Crippen LogP contribution >= 0.6 is 0 Å². The monoisotopic (exact) mass is 1600 g/mol. The number of nitrogens with two attached hydrogens (primary N) is 1. The van der Waals surface area contributed by atoms with Crippen molar-refractivity contribution in [3.05, 3.63) is 294 Å². The minimum atomic E-state index is -3.48. The van der Waals surface area contributed by atoms with E-state index in [2.05, 4.69) is 54.9 Å². The first-order chi connectivity index (χ1) is 54.9. The SMILES string of the molecule is COC(=O)C1CC(c2ccc(F)cc2)=NO1.CS(=O)(=O)OCC1CC(c2ccc(F)cc2)=NO1.NCC1CC(c2ccc(F)cc2)=NO1.O/N=C/c1ccc(F)cc1.O=C1CCC(c2ccc3[nH]c(=O)oc3c2)CC1.O=Cc1ccc(F)cc1.OCC1CC(c2ccc(F)cc2)=NO1.[N-]=[N+]=NCC1CC(c2ccc(F)cc2)=NO1. The zero-order chi connectivity index (χ0) is 81.9. The number of ether oxygens (including phenoxy) is 1. The number of nitrogens with zero attached hydrogens (tertiary/aromatic N) is 9. The van der Waals surface area contributed by atoms with Gasteiger partial charge < -0.3 is 49.4 Å². The molecule has 598 valence electrons. The molecule has 5 unspecified atom stereocenters. The summed E-state index contributed by atoms with van der Waals surface area (Å²) in [4.78, 5) is 73.7. The number of rotatable bonds is 16. The number of esters is 1. The number of hydrogen-bond donors (Lipinski definition) is 4. The fraction of sp³-hybridized carbons (Fsp3) is 0.266. The molecule has 35 heteroatoms. The van der Waals surface area contributed by atoms with Gasteiger partial charge in [-0.15, -0.1) is 0 Å². The topological polar surface area (TPSA) is 385 Å². The molecule has 9 aromatic rings. The molecule has 114 heavy (non-hydrogen) atoms. The second-order valence-corrected chi connectivity index (χ2v) is 26.8. The van der Waals surface area contributed by atoms with E-state index in [0.717, 1.165) is 75.1 Å². The third-order valence-corrected chi connectivity index (χ3v) is 17.3. The van der Waals surface area contributed by atoms with Gasteiger partial charge in [0, 0.05) is 62.0 Å². The number of methoxy groups -OCH3 is 1. The van der Waals surface area contributed by atoms with Gasteiger partial charge in [0.25, 0.3) is 10.1 Å². The molecule has 5 N–H and O–H groups in total. The zero-order valence-corrected chi connectivity index (χ0v) is 61.8. The third-order valence-electron chi connectivity index (χ3n) is 16.8. The molecular weight excluding hydrogens is 1520 g/mol. The number of hydrogen-bond acceptors (Lipinski definition) is 24. The van der Waals surface area contributed by atoms with Crippen molar-refractivity contribution < 1.29 is 101 Å². The second-order valence-electron chi connectivity index (χ2n) is 25.1. The van der Waals surface area contributed by atoms with Crippen LogP contribution in [-0.2, 0) is 52.8 Å². The van der Waals surface area contributed by atoms with Gasteiger partial charge in [-0.05, 0) is 172 Å². The first kappa shape index (κ1) is 86.9. The van der Waals surface area contributed by atoms with Crippen molar-refractivity contribution in [1.82, 2.24) is 4.98 Å². The molecule has 5 atom stereocenters. The van der Waals surface area contributed by atoms with Gasteiger partial charge in [0.2, 0.25) is 6.10 Å². The standard InChI is InChI=1S/C13H13NO3.C11H12FNO4S.C11H10FNO3.C10H9FN4O.C10H11FN2O.C10H10FNO2.C7H6FNO.C7H5FO/c15-10-4-1-8(2-5-10)9-3-6-11-12(7-9)17-13(16)14-11;1-18(14,15)16-7-10-6-11(13-17-10)8-2-4-9(12)5-3-8;1-15-11(14)10-6-9(13-16-10)7-2-4-8(12)5-3-7;11-8-3-1-7(2-4-8)10-5-9(16-14-10)6-13-15-12;11-8-3-1-7(2-4-8)10-5-9(6-12)14-13-10;11-8-3-1-7(2-4-8)10-5-9(6-13)14-12-10;8-7-3-1-6(2-4-7)5-9-10;8-7-3-1-6(5-9)2-4-7/h3,6-8H,1-2,4-5H2,(H,14,16);2-5,10H,6-7H2,1H3;2-5,10H,6H2,1H3;1-4,9H,5-6H2;1-4,9H,5-6,12H2;1-4,9,13H,5-6H2;1-5,10H;1-5H/b;;;;;;9-5+;. The smallest absolute Gasteiger partial charge is 0.417 e. The van der Waals surface area contributed by atoms with Gasteiger partial charge in [-0.25, -0.2) is 40.3 Å². The van der Waals surface area contributed by atoms with Gasteiger partial charge in [0.1, 0.15) is 71.6 Å². The van der Waals surface area contributed by atoms with Crippen molar-refractivity contribution in [3.63, 3.8) is 0 Å². The number of azide groups is 1. The Kier molecular flexibility index (Phi) is 33.8. The third kappa shape index (κ3) is 28.9. The Labute approximate surface area is 647 Å². The van der Waals surface area contributed by atoms with E-state index < -0.39 is 34.1 Å². The lowest BCUT2D eigenvalue weighted by atomic mass is 9.83. The quantitative estimate of drug-likeness (QED) is 0.00667. The van der Waals surface area contributed by atoms with Crippen LogP contribution in [0.25, 0.3) is 21.5 Å². The van der Waals surface area contributed by atoms with Crippen LogP contribution in [0.2, 0.25) is 0 Å². The van der Waals surface area contributed by atoms with Crippen molar-refractivity contribution in [3.8, 4) is 0 Å². The van der Waals surface area contributed by atoms with Gasteiger partial charge in [0.15, 0.2) is 17.8 Å². The van der Waals surface area contributed by atoms with Crippen LogP contribution in [-0.4, -0.2) is 147 Å². The average molecular weight is 1600 g/mol. The molecule has 0 amide bonds. The van der Waals surface area contributed by atoms with Crippen LogP contribution in [0.4, 0.5) is 30.7 Å². The number of aldehydes is 1. The first-order valence-electron chi connectivity index (χ1n) is 34.9. The van der Waals surface area contributed by atoms with E-state index in [1.807, 2.05) is 18.2 Å². The Bertz CT molecular complexity index is 4980. The Morgan fingerprint density at radius 2 is 0.956 bits per heavy atom. The van der Waals surface area contributed by atoms with E-state index in [1.54, 1.807) is 60.7 Å². The highest BCUT2D eigenvalue weighted by molar-refractivity contribution is 7.86. The zero-order valence-electron chi connectivity index (χ0n) is 61.0. The molecule has 0 bridgehead atoms. The van der Waals surface area contributed by atoms with Crippen molar-refractivity contribution in [2.75, 3.05) is 39.7 Å². The maximum absolute atomic E-state index is 12.7. The molecule has 6 aliphatic rings. The molecule has 0 spiro atoms. The van der Waals surface area contributed by atoms with Crippen molar-refractivity contribution in [2.45, 2.75) is 94.2 Å². The van der Waals surface area contributed by atoms with E-state index in [0.29, 0.717) is 97.6 Å². The maximum atomic E-state index is 12.7. The number of aromatic nitrogens is 1. The molecule has 6 heterocycles. The summed E-state index contributed by atoms with van der Waals surface area (Å²) in [6, 6.07) is 46.8. The van der Waals surface area contributed by atoms with Crippen molar-refractivity contribution in [1.29, 1.82) is 0 Å². The number of ketones is 1. The van der Waals surface area contributed by atoms with Gasteiger partial charge >= 0.3 is 11.7 Å². The predicted octanol–water partition coefficient (Wildman–Crippen LogP) is 13.6. The number of fused-ring (bicyclic) bond motifs is 1. The van der Waals surface area contributed by atoms with E-state index in [-0.39, 0.29) is 78.8 Å². The number of oxime groups is 6. The molecule has 27 nitrogen and oxygen atoms in total. The molecule has 0 saturated heterocycles. The number of nitrogens with one attached hydrogen (secondary N) is 1. The summed E-state index contributed by atoms with van der Waals surface area (Å²) in [6.45, 7) is 0.583. The molecular formula is C79H76F7N11O16S. The molecule has 8 aromatic carbocycles. The van der Waals surface area contributed by atoms with Crippen LogP contribution in [0, 0.1) is 40.7 Å². The summed E-state index contributed by atoms with van der Waals surface area (Å²) in [7, 11) is -2.19. The number of H-pyrrole nitrogens is 1. The summed E-state index contributed by atoms with van der Waals surface area (Å²) in [6.07, 6.45) is 7.03.